The van der Waals surface area contributed by atoms with Gasteiger partial charge in [0, 0.05) is 0 Å². The quantitative estimate of drug-likeness (QED) is 0.628. The molecule has 0 saturated heterocycles. The maximum atomic E-state index is 12.4. The first-order chi connectivity index (χ1) is 7.26. The van der Waals surface area contributed by atoms with Crippen molar-refractivity contribution in [2.24, 2.45) is 0 Å². The first-order valence-electron chi connectivity index (χ1n) is 4.03. The van der Waals surface area contributed by atoms with Crippen LogP contribution in [0.1, 0.15) is 0 Å². The molecule has 0 heterocycles. The molecule has 1 aromatic rings. The Morgan fingerprint density at radius 3 is 1.88 bits per heavy atom. The highest BCUT2D eigenvalue weighted by Gasteiger charge is 2.61. The van der Waals surface area contributed by atoms with Gasteiger partial charge in [0.05, 0.1) is 5.69 Å². The summed E-state index contributed by atoms with van der Waals surface area (Å²) in [5.41, 5.74) is 2.89. The van der Waals surface area contributed by atoms with Crippen molar-refractivity contribution in [2.75, 3.05) is 5.43 Å². The van der Waals surface area contributed by atoms with Crippen molar-refractivity contribution in [3.63, 3.8) is 0 Å². The molecule has 0 aromatic heterocycles. The maximum Gasteiger partial charge on any atom is 0.499 e. The molecule has 0 atom stereocenters. The summed E-state index contributed by atoms with van der Waals surface area (Å²) >= 11 is 0. The summed E-state index contributed by atoms with van der Waals surface area (Å²) in [5, 5.41) is 0. The van der Waals surface area contributed by atoms with E-state index in [1.165, 1.54) is 12.1 Å². The van der Waals surface area contributed by atoms with Crippen molar-refractivity contribution < 1.29 is 32.5 Å². The lowest BCUT2D eigenvalue weighted by atomic mass is 10.3. The molecule has 1 rings (SSSR count). The van der Waals surface area contributed by atoms with E-state index in [2.05, 4.69) is 16.0 Å². The fraction of sp³-hybridized carbons (Fsp3) is 0.250. The minimum atomic E-state index is -5.74. The zero-order valence-corrected chi connectivity index (χ0v) is 7.81. The largest absolute Gasteiger partial charge is 0.499 e. The fourth-order valence-electron chi connectivity index (χ4n) is 0.847. The maximum absolute atomic E-state index is 12.4. The molecule has 4 N–H and O–H groups in total. The molecule has 0 amide bonds. The zero-order chi connectivity index (χ0) is 12.4. The number of nitrogens with one attached hydrogen (secondary N) is 1. The van der Waals surface area contributed by atoms with Gasteiger partial charge in [-0.1, -0.05) is 0 Å². The summed E-state index contributed by atoms with van der Waals surface area (Å²) < 4.78 is 63.7. The lowest BCUT2D eigenvalue weighted by molar-refractivity contribution is -0.360. The molecule has 0 saturated carbocycles. The highest BCUT2D eigenvalue weighted by atomic mass is 19.4. The van der Waals surface area contributed by atoms with Gasteiger partial charge in [-0.15, -0.1) is 0 Å². The van der Waals surface area contributed by atoms with Crippen LogP contribution in [-0.2, 0) is 0 Å². The second-order valence-corrected chi connectivity index (χ2v) is 2.82. The van der Waals surface area contributed by atoms with E-state index >= 15 is 0 Å². The second kappa shape index (κ2) is 4.12. The molecule has 0 radical (unpaired) electrons. The smallest absolute Gasteiger partial charge is 0.426 e. The Morgan fingerprint density at radius 1 is 1.00 bits per heavy atom. The Morgan fingerprint density at radius 2 is 1.50 bits per heavy atom. The van der Waals surface area contributed by atoms with Gasteiger partial charge in [0.2, 0.25) is 0 Å². The van der Waals surface area contributed by atoms with Crippen molar-refractivity contribution in [2.45, 2.75) is 12.3 Å². The van der Waals surface area contributed by atoms with E-state index in [9.17, 15) is 22.0 Å². The Hall–Kier alpha value is -1.57. The molecule has 1 aromatic carbocycles. The molecule has 0 aliphatic carbocycles. The molecule has 0 unspecified atom stereocenters. The molecule has 16 heavy (non-hydrogen) atoms. The third-order valence-electron chi connectivity index (χ3n) is 1.63. The van der Waals surface area contributed by atoms with Crippen LogP contribution in [0.5, 0.6) is 5.75 Å². The average Bonchev–Trinajstić information content (AvgIpc) is 2.16. The zero-order valence-electron chi connectivity index (χ0n) is 7.81. The van der Waals surface area contributed by atoms with E-state index < -0.39 is 18.0 Å². The average molecular weight is 243 g/mol. The molecule has 0 fully saturated rings. The van der Waals surface area contributed by atoms with Crippen LogP contribution in [0.3, 0.4) is 0 Å². The van der Waals surface area contributed by atoms with Crippen molar-refractivity contribution in [1.82, 2.24) is 0 Å². The topological polar surface area (TPSA) is 48.9 Å². The number of hydrogen-bond acceptors (Lipinski definition) is 2. The summed E-state index contributed by atoms with van der Waals surface area (Å²) in [5.74, 6) is 2.70. The third-order valence-corrected chi connectivity index (χ3v) is 1.63. The highest BCUT2D eigenvalue weighted by molar-refractivity contribution is 5.44. The molecular weight excluding hydrogens is 235 g/mol. The van der Waals surface area contributed by atoms with Crippen molar-refractivity contribution in [3.8, 4) is 5.75 Å². The Bertz CT molecular complexity index is 348. The van der Waals surface area contributed by atoms with Crippen molar-refractivity contribution in [3.05, 3.63) is 24.3 Å². The van der Waals surface area contributed by atoms with Gasteiger partial charge in [0.15, 0.2) is 0 Å². The number of ether oxygens (including phenoxy) is 1. The predicted molar refractivity (Wildman–Crippen MR) is 44.6 cm³/mol. The van der Waals surface area contributed by atoms with Gasteiger partial charge in [-0.25, -0.2) is 5.43 Å². The molecular formula is C8H8F5N2O+. The Labute approximate surface area is 87.0 Å². The van der Waals surface area contributed by atoms with E-state index in [0.29, 0.717) is 5.69 Å². The molecule has 0 aliphatic heterocycles. The summed E-state index contributed by atoms with van der Waals surface area (Å²) in [6.45, 7) is 0. The molecule has 8 heteroatoms. The van der Waals surface area contributed by atoms with Gasteiger partial charge in [0.1, 0.15) is 5.75 Å². The number of benzene rings is 1. The standard InChI is InChI=1S/C8H7F5N2O/c9-7(10,11)8(12,13)16-6-3-1-5(15-14)2-4-6/h1-4,15H,14H2/p+1. The van der Waals surface area contributed by atoms with E-state index in [1.54, 1.807) is 0 Å². The van der Waals surface area contributed by atoms with Crippen LogP contribution >= 0.6 is 0 Å². The predicted octanol–water partition coefficient (Wildman–Crippen LogP) is 1.79. The van der Waals surface area contributed by atoms with Crippen LogP contribution < -0.4 is 16.0 Å². The van der Waals surface area contributed by atoms with Crippen LogP contribution in [0.25, 0.3) is 0 Å². The van der Waals surface area contributed by atoms with Crippen LogP contribution in [0.4, 0.5) is 27.6 Å². The molecule has 0 aliphatic rings. The number of hydrogen-bond donors (Lipinski definition) is 2. The van der Waals surface area contributed by atoms with Gasteiger partial charge in [-0.3, -0.25) is 5.84 Å². The lowest BCUT2D eigenvalue weighted by Gasteiger charge is -2.20. The SMILES string of the molecule is [NH3+]Nc1ccc(OC(F)(F)C(F)(F)F)cc1. The van der Waals surface area contributed by atoms with E-state index in [1.807, 2.05) is 0 Å². The van der Waals surface area contributed by atoms with Gasteiger partial charge < -0.3 is 4.74 Å². The summed E-state index contributed by atoms with van der Waals surface area (Å²) in [6, 6.07) is 4.48. The molecule has 0 bridgehead atoms. The van der Waals surface area contributed by atoms with Gasteiger partial charge in [-0.2, -0.15) is 22.0 Å². The van der Waals surface area contributed by atoms with Crippen LogP contribution in [-0.4, -0.2) is 12.3 Å². The minimum Gasteiger partial charge on any atom is -0.426 e. The van der Waals surface area contributed by atoms with Crippen molar-refractivity contribution >= 4 is 5.69 Å². The minimum absolute atomic E-state index is 0.461. The lowest BCUT2D eigenvalue weighted by Crippen LogP contribution is -2.56. The molecule has 3 nitrogen and oxygen atoms in total. The summed E-state index contributed by atoms with van der Waals surface area (Å²) in [4.78, 5) is 0. The van der Waals surface area contributed by atoms with E-state index in [4.69, 9.17) is 0 Å². The van der Waals surface area contributed by atoms with Crippen molar-refractivity contribution in [1.29, 1.82) is 0 Å². The number of rotatable bonds is 3. The highest BCUT2D eigenvalue weighted by Crippen LogP contribution is 2.37. The Balaban J connectivity index is 2.80. The normalized spacial score (nSPS) is 12.4. The molecule has 0 spiro atoms. The number of alkyl halides is 5. The third kappa shape index (κ3) is 2.72. The number of anilines is 1. The van der Waals surface area contributed by atoms with Gasteiger partial charge in [-0.05, 0) is 24.3 Å². The first-order valence-corrected chi connectivity index (χ1v) is 4.03. The summed E-state index contributed by atoms with van der Waals surface area (Å²) in [6.07, 6.45) is -10.9. The van der Waals surface area contributed by atoms with Gasteiger partial charge in [0.25, 0.3) is 0 Å². The Kier molecular flexibility index (Phi) is 3.22. The van der Waals surface area contributed by atoms with E-state index in [-0.39, 0.29) is 0 Å². The number of halogens is 5. The van der Waals surface area contributed by atoms with Crippen LogP contribution in [0, 0.1) is 0 Å². The second-order valence-electron chi connectivity index (χ2n) is 2.82. The monoisotopic (exact) mass is 243 g/mol. The van der Waals surface area contributed by atoms with Crippen LogP contribution in [0.2, 0.25) is 0 Å². The molecule has 90 valence electrons. The van der Waals surface area contributed by atoms with E-state index in [0.717, 1.165) is 12.1 Å². The number of quaternary nitrogens is 1. The first kappa shape index (κ1) is 12.5. The summed E-state index contributed by atoms with van der Waals surface area (Å²) in [7, 11) is 0. The van der Waals surface area contributed by atoms with Crippen LogP contribution in [0.15, 0.2) is 24.3 Å². The fourth-order valence-corrected chi connectivity index (χ4v) is 0.847. The van der Waals surface area contributed by atoms with Gasteiger partial charge >= 0.3 is 12.3 Å².